The molecule has 1 heterocycles. The van der Waals surface area contributed by atoms with E-state index in [0.717, 1.165) is 17.5 Å². The van der Waals surface area contributed by atoms with E-state index in [0.29, 0.717) is 12.1 Å². The summed E-state index contributed by atoms with van der Waals surface area (Å²) in [6, 6.07) is 1.38. The molecule has 8 heteroatoms. The van der Waals surface area contributed by atoms with Gasteiger partial charge in [0.1, 0.15) is 12.2 Å². The molecule has 0 bridgehead atoms. The molecule has 0 aromatic carbocycles. The largest absolute Gasteiger partial charge is 0.354 e. The summed E-state index contributed by atoms with van der Waals surface area (Å²) in [6.45, 7) is 0.0271. The second-order valence-corrected chi connectivity index (χ2v) is 5.46. The van der Waals surface area contributed by atoms with Crippen molar-refractivity contribution >= 4 is 22.8 Å². The van der Waals surface area contributed by atoms with E-state index in [-0.39, 0.29) is 31.1 Å². The lowest BCUT2D eigenvalue weighted by atomic mass is 10.3. The number of hydrogen-bond acceptors (Lipinski definition) is 3. The summed E-state index contributed by atoms with van der Waals surface area (Å²) < 4.78 is 26.9. The van der Waals surface area contributed by atoms with E-state index in [2.05, 4.69) is 10.4 Å². The van der Waals surface area contributed by atoms with Crippen LogP contribution in [0.3, 0.4) is 0 Å². The monoisotopic (exact) mass is 319 g/mol. The van der Waals surface area contributed by atoms with Crippen LogP contribution in [0, 0.1) is 0 Å². The van der Waals surface area contributed by atoms with Crippen LogP contribution in [0.5, 0.6) is 0 Å². The predicted molar refractivity (Wildman–Crippen MR) is 72.3 cm³/mol. The molecule has 1 amide bonds. The molecule has 1 aliphatic carbocycles. The normalized spacial score (nSPS) is 14.5. The smallest absolute Gasteiger partial charge is 0.280 e. The van der Waals surface area contributed by atoms with Crippen LogP contribution in [0.1, 0.15) is 49.4 Å². The van der Waals surface area contributed by atoms with Crippen molar-refractivity contribution in [2.75, 3.05) is 6.54 Å². The van der Waals surface area contributed by atoms with Crippen molar-refractivity contribution < 1.29 is 18.4 Å². The Bertz CT molecular complexity index is 529. The molecule has 0 aliphatic heterocycles. The Kier molecular flexibility index (Phi) is 5.27. The SMILES string of the molecule is O=C(Cl)CCCNC(=O)Cn1nc(C2CC2)cc1C(F)F. The van der Waals surface area contributed by atoms with Crippen molar-refractivity contribution in [2.45, 2.75) is 44.6 Å². The number of alkyl halides is 2. The molecule has 0 atom stereocenters. The zero-order chi connectivity index (χ0) is 15.4. The molecule has 2 rings (SSSR count). The lowest BCUT2D eigenvalue weighted by molar-refractivity contribution is -0.122. The van der Waals surface area contributed by atoms with Crippen LogP contribution in [0.15, 0.2) is 6.07 Å². The van der Waals surface area contributed by atoms with Gasteiger partial charge in [0.2, 0.25) is 11.1 Å². The molecule has 1 aromatic rings. The van der Waals surface area contributed by atoms with Gasteiger partial charge in [-0.15, -0.1) is 0 Å². The fourth-order valence-electron chi connectivity index (χ4n) is 1.98. The average Bonchev–Trinajstić information content (AvgIpc) is 3.16. The molecule has 0 spiro atoms. The van der Waals surface area contributed by atoms with Gasteiger partial charge in [0.25, 0.3) is 6.43 Å². The number of carbonyl (C=O) groups excluding carboxylic acids is 2. The van der Waals surface area contributed by atoms with E-state index in [1.807, 2.05) is 0 Å². The number of carbonyl (C=O) groups is 2. The quantitative estimate of drug-likeness (QED) is 0.591. The van der Waals surface area contributed by atoms with Gasteiger partial charge in [0.15, 0.2) is 0 Å². The molecule has 0 unspecified atom stereocenters. The number of aromatic nitrogens is 2. The predicted octanol–water partition coefficient (Wildman–Crippen LogP) is 2.36. The molecular formula is C13H16ClF2N3O2. The summed E-state index contributed by atoms with van der Waals surface area (Å²) in [7, 11) is 0. The van der Waals surface area contributed by atoms with Crippen molar-refractivity contribution in [1.29, 1.82) is 0 Å². The Morgan fingerprint density at radius 2 is 2.19 bits per heavy atom. The molecular weight excluding hydrogens is 304 g/mol. The highest BCUT2D eigenvalue weighted by Crippen LogP contribution is 2.40. The maximum absolute atomic E-state index is 12.9. The minimum Gasteiger partial charge on any atom is -0.354 e. The Balaban J connectivity index is 1.88. The zero-order valence-corrected chi connectivity index (χ0v) is 12.1. The van der Waals surface area contributed by atoms with Crippen LogP contribution >= 0.6 is 11.6 Å². The highest BCUT2D eigenvalue weighted by atomic mass is 35.5. The summed E-state index contributed by atoms with van der Waals surface area (Å²) in [5.41, 5.74) is 0.397. The van der Waals surface area contributed by atoms with Crippen molar-refractivity contribution in [1.82, 2.24) is 15.1 Å². The number of nitrogens with zero attached hydrogens (tertiary/aromatic N) is 2. The fourth-order valence-corrected chi connectivity index (χ4v) is 2.11. The van der Waals surface area contributed by atoms with Gasteiger partial charge >= 0.3 is 0 Å². The number of amides is 1. The van der Waals surface area contributed by atoms with Crippen LogP contribution in [0.4, 0.5) is 8.78 Å². The van der Waals surface area contributed by atoms with Gasteiger partial charge in [0.05, 0.1) is 5.69 Å². The third-order valence-corrected chi connectivity index (χ3v) is 3.40. The topological polar surface area (TPSA) is 64.0 Å². The molecule has 116 valence electrons. The lowest BCUT2D eigenvalue weighted by Gasteiger charge is -2.07. The summed E-state index contributed by atoms with van der Waals surface area (Å²) in [5, 5.41) is 6.17. The summed E-state index contributed by atoms with van der Waals surface area (Å²) in [5.74, 6) is -0.161. The fraction of sp³-hybridized carbons (Fsp3) is 0.615. The van der Waals surface area contributed by atoms with E-state index >= 15 is 0 Å². The minimum atomic E-state index is -2.66. The van der Waals surface area contributed by atoms with Gasteiger partial charge in [-0.25, -0.2) is 8.78 Å². The number of hydrogen-bond donors (Lipinski definition) is 1. The highest BCUT2D eigenvalue weighted by molar-refractivity contribution is 6.63. The van der Waals surface area contributed by atoms with Crippen molar-refractivity contribution in [3.05, 3.63) is 17.5 Å². The first-order chi connectivity index (χ1) is 9.97. The zero-order valence-electron chi connectivity index (χ0n) is 11.3. The molecule has 1 saturated carbocycles. The van der Waals surface area contributed by atoms with Crippen molar-refractivity contribution in [3.8, 4) is 0 Å². The maximum Gasteiger partial charge on any atom is 0.280 e. The van der Waals surface area contributed by atoms with Crippen LogP contribution in [0.2, 0.25) is 0 Å². The number of rotatable bonds is 8. The standard InChI is InChI=1S/C13H16ClF2N3O2/c14-11(20)2-1-5-17-12(21)7-19-10(13(15)16)6-9(18-19)8-3-4-8/h6,8,13H,1-5,7H2,(H,17,21). The van der Waals surface area contributed by atoms with Gasteiger partial charge in [-0.05, 0) is 36.9 Å². The molecule has 0 saturated heterocycles. The highest BCUT2D eigenvalue weighted by Gasteiger charge is 2.29. The first-order valence-electron chi connectivity index (χ1n) is 6.78. The second-order valence-electron chi connectivity index (χ2n) is 5.04. The molecule has 1 aliphatic rings. The molecule has 1 N–H and O–H groups in total. The Morgan fingerprint density at radius 1 is 1.48 bits per heavy atom. The van der Waals surface area contributed by atoms with Crippen LogP contribution in [-0.2, 0) is 16.1 Å². The maximum atomic E-state index is 12.9. The van der Waals surface area contributed by atoms with E-state index in [1.54, 1.807) is 0 Å². The molecule has 21 heavy (non-hydrogen) atoms. The van der Waals surface area contributed by atoms with Gasteiger partial charge in [-0.1, -0.05) is 0 Å². The van der Waals surface area contributed by atoms with Crippen molar-refractivity contribution in [2.24, 2.45) is 0 Å². The van der Waals surface area contributed by atoms with Gasteiger partial charge in [-0.2, -0.15) is 5.10 Å². The van der Waals surface area contributed by atoms with Gasteiger partial charge in [0, 0.05) is 18.9 Å². The lowest BCUT2D eigenvalue weighted by Crippen LogP contribution is -2.29. The van der Waals surface area contributed by atoms with Crippen LogP contribution in [0.25, 0.3) is 0 Å². The number of halogens is 3. The van der Waals surface area contributed by atoms with Crippen LogP contribution in [-0.4, -0.2) is 27.5 Å². The molecule has 1 fully saturated rings. The third kappa shape index (κ3) is 4.77. The number of nitrogens with one attached hydrogen (secondary N) is 1. The van der Waals surface area contributed by atoms with Gasteiger partial charge < -0.3 is 5.32 Å². The van der Waals surface area contributed by atoms with Gasteiger partial charge in [-0.3, -0.25) is 14.3 Å². The minimum absolute atomic E-state index is 0.164. The third-order valence-electron chi connectivity index (χ3n) is 3.21. The molecule has 5 nitrogen and oxygen atoms in total. The van der Waals surface area contributed by atoms with E-state index < -0.39 is 17.6 Å². The average molecular weight is 320 g/mol. The van der Waals surface area contributed by atoms with E-state index in [9.17, 15) is 18.4 Å². The summed E-state index contributed by atoms with van der Waals surface area (Å²) >= 11 is 5.17. The summed E-state index contributed by atoms with van der Waals surface area (Å²) in [4.78, 5) is 22.2. The van der Waals surface area contributed by atoms with E-state index in [4.69, 9.17) is 11.6 Å². The Morgan fingerprint density at radius 3 is 2.76 bits per heavy atom. The molecule has 1 aromatic heterocycles. The van der Waals surface area contributed by atoms with Crippen molar-refractivity contribution in [3.63, 3.8) is 0 Å². The molecule has 0 radical (unpaired) electrons. The Labute approximate surface area is 125 Å². The second kappa shape index (κ2) is 6.98. The van der Waals surface area contributed by atoms with E-state index in [1.165, 1.54) is 6.07 Å². The first kappa shape index (κ1) is 15.9. The summed E-state index contributed by atoms with van der Waals surface area (Å²) in [6.07, 6.45) is -0.164. The first-order valence-corrected chi connectivity index (χ1v) is 7.16. The Hall–Kier alpha value is -1.50. The van der Waals surface area contributed by atoms with Crippen LogP contribution < -0.4 is 5.32 Å².